The van der Waals surface area contributed by atoms with Gasteiger partial charge in [0.25, 0.3) is 0 Å². The predicted octanol–water partition coefficient (Wildman–Crippen LogP) is 2.14. The second-order valence-corrected chi connectivity index (χ2v) is 5.09. The van der Waals surface area contributed by atoms with Crippen molar-refractivity contribution in [2.45, 2.75) is 25.2 Å². The fourth-order valence-electron chi connectivity index (χ4n) is 2.53. The number of nitrogens with zero attached hydrogens (tertiary/aromatic N) is 1. The normalized spacial score (nSPS) is 19.2. The molecule has 1 aliphatic rings. The molecule has 4 heteroatoms. The maximum absolute atomic E-state index is 5.97. The van der Waals surface area contributed by atoms with Gasteiger partial charge < -0.3 is 14.9 Å². The molecule has 18 heavy (non-hydrogen) atoms. The standard InChI is InChI=1S/C14H18N2O2/c1-10-2-3-11-12(8-10)18-13(16-11)14(9-15)4-6-17-7-5-14/h2-3,8H,4-7,9,15H2,1H3. The lowest BCUT2D eigenvalue weighted by Gasteiger charge is -2.32. The Hall–Kier alpha value is -1.39. The minimum absolute atomic E-state index is 0.148. The van der Waals surface area contributed by atoms with Gasteiger partial charge in [-0.25, -0.2) is 4.98 Å². The van der Waals surface area contributed by atoms with Crippen molar-refractivity contribution in [1.82, 2.24) is 4.98 Å². The van der Waals surface area contributed by atoms with Gasteiger partial charge in [0, 0.05) is 19.8 Å². The number of nitrogens with two attached hydrogens (primary N) is 1. The number of rotatable bonds is 2. The van der Waals surface area contributed by atoms with Crippen LogP contribution in [0.15, 0.2) is 22.6 Å². The minimum atomic E-state index is -0.148. The Labute approximate surface area is 106 Å². The van der Waals surface area contributed by atoms with Crippen LogP contribution in [-0.4, -0.2) is 24.7 Å². The summed E-state index contributed by atoms with van der Waals surface area (Å²) < 4.78 is 11.4. The van der Waals surface area contributed by atoms with Gasteiger partial charge in [-0.15, -0.1) is 0 Å². The Bertz CT molecular complexity index is 556. The van der Waals surface area contributed by atoms with E-state index in [4.69, 9.17) is 14.9 Å². The number of aryl methyl sites for hydroxylation is 1. The van der Waals surface area contributed by atoms with Gasteiger partial charge in [-0.1, -0.05) is 6.07 Å². The molecule has 1 fully saturated rings. The van der Waals surface area contributed by atoms with Gasteiger partial charge in [-0.2, -0.15) is 0 Å². The molecule has 0 radical (unpaired) electrons. The van der Waals surface area contributed by atoms with Crippen molar-refractivity contribution in [2.24, 2.45) is 5.73 Å². The first-order chi connectivity index (χ1) is 8.73. The maximum atomic E-state index is 5.97. The quantitative estimate of drug-likeness (QED) is 0.882. The fourth-order valence-corrected chi connectivity index (χ4v) is 2.53. The Morgan fingerprint density at radius 3 is 2.83 bits per heavy atom. The summed E-state index contributed by atoms with van der Waals surface area (Å²) in [6, 6.07) is 6.07. The molecule has 96 valence electrons. The topological polar surface area (TPSA) is 61.3 Å². The van der Waals surface area contributed by atoms with E-state index in [9.17, 15) is 0 Å². The Morgan fingerprint density at radius 1 is 1.33 bits per heavy atom. The SMILES string of the molecule is Cc1ccc2nc(C3(CN)CCOCC3)oc2c1. The van der Waals surface area contributed by atoms with E-state index in [0.717, 1.165) is 43.0 Å². The molecular formula is C14H18N2O2. The second kappa shape index (κ2) is 4.37. The zero-order chi connectivity index (χ0) is 12.6. The number of aromatic nitrogens is 1. The number of oxazole rings is 1. The Morgan fingerprint density at radius 2 is 2.11 bits per heavy atom. The molecule has 4 nitrogen and oxygen atoms in total. The van der Waals surface area contributed by atoms with E-state index < -0.39 is 0 Å². The maximum Gasteiger partial charge on any atom is 0.203 e. The van der Waals surface area contributed by atoms with Crippen LogP contribution in [0.2, 0.25) is 0 Å². The first-order valence-corrected chi connectivity index (χ1v) is 6.39. The van der Waals surface area contributed by atoms with E-state index in [0.29, 0.717) is 6.54 Å². The summed E-state index contributed by atoms with van der Waals surface area (Å²) in [5.41, 5.74) is 8.76. The van der Waals surface area contributed by atoms with Crippen LogP contribution in [0.5, 0.6) is 0 Å². The van der Waals surface area contributed by atoms with Crippen molar-refractivity contribution < 1.29 is 9.15 Å². The summed E-state index contributed by atoms with van der Waals surface area (Å²) in [6.07, 6.45) is 1.77. The summed E-state index contributed by atoms with van der Waals surface area (Å²) in [5.74, 6) is 0.772. The molecule has 0 amide bonds. The highest BCUT2D eigenvalue weighted by molar-refractivity contribution is 5.73. The monoisotopic (exact) mass is 246 g/mol. The Balaban J connectivity index is 2.06. The molecule has 1 saturated heterocycles. The smallest absolute Gasteiger partial charge is 0.203 e. The predicted molar refractivity (Wildman–Crippen MR) is 69.5 cm³/mol. The molecule has 0 spiro atoms. The molecule has 0 saturated carbocycles. The molecule has 2 aromatic rings. The molecule has 0 bridgehead atoms. The molecule has 1 aromatic heterocycles. The van der Waals surface area contributed by atoms with Crippen LogP contribution < -0.4 is 5.73 Å². The Kier molecular flexibility index (Phi) is 2.84. The van der Waals surface area contributed by atoms with Crippen molar-refractivity contribution in [3.05, 3.63) is 29.7 Å². The molecule has 3 rings (SSSR count). The highest BCUT2D eigenvalue weighted by Gasteiger charge is 2.37. The average Bonchev–Trinajstić information content (AvgIpc) is 2.83. The third-order valence-corrected chi connectivity index (χ3v) is 3.84. The van der Waals surface area contributed by atoms with Gasteiger partial charge in [0.05, 0.1) is 5.41 Å². The van der Waals surface area contributed by atoms with Crippen LogP contribution in [0.1, 0.15) is 24.3 Å². The molecule has 1 aromatic carbocycles. The summed E-state index contributed by atoms with van der Waals surface area (Å²) in [7, 11) is 0. The van der Waals surface area contributed by atoms with E-state index in [1.807, 2.05) is 18.2 Å². The van der Waals surface area contributed by atoms with Crippen LogP contribution in [-0.2, 0) is 10.2 Å². The van der Waals surface area contributed by atoms with Crippen molar-refractivity contribution in [3.8, 4) is 0 Å². The first-order valence-electron chi connectivity index (χ1n) is 6.39. The van der Waals surface area contributed by atoms with Crippen molar-refractivity contribution >= 4 is 11.1 Å². The number of ether oxygens (including phenoxy) is 1. The number of hydrogen-bond acceptors (Lipinski definition) is 4. The number of benzene rings is 1. The van der Waals surface area contributed by atoms with E-state index in [1.54, 1.807) is 0 Å². The van der Waals surface area contributed by atoms with E-state index >= 15 is 0 Å². The lowest BCUT2D eigenvalue weighted by atomic mass is 9.80. The zero-order valence-electron chi connectivity index (χ0n) is 10.6. The van der Waals surface area contributed by atoms with Gasteiger partial charge in [0.2, 0.25) is 5.89 Å². The average molecular weight is 246 g/mol. The van der Waals surface area contributed by atoms with Gasteiger partial charge >= 0.3 is 0 Å². The molecule has 2 N–H and O–H groups in total. The van der Waals surface area contributed by atoms with Crippen LogP contribution in [0.3, 0.4) is 0 Å². The molecule has 1 aliphatic heterocycles. The zero-order valence-corrected chi connectivity index (χ0v) is 10.6. The van der Waals surface area contributed by atoms with Crippen molar-refractivity contribution in [1.29, 1.82) is 0 Å². The third-order valence-electron chi connectivity index (χ3n) is 3.84. The summed E-state index contributed by atoms with van der Waals surface area (Å²) in [4.78, 5) is 4.62. The lowest BCUT2D eigenvalue weighted by molar-refractivity contribution is 0.0438. The summed E-state index contributed by atoms with van der Waals surface area (Å²) in [6.45, 7) is 4.07. The minimum Gasteiger partial charge on any atom is -0.440 e. The second-order valence-electron chi connectivity index (χ2n) is 5.09. The highest BCUT2D eigenvalue weighted by Crippen LogP contribution is 2.35. The molecule has 0 atom stereocenters. The summed E-state index contributed by atoms with van der Waals surface area (Å²) in [5, 5.41) is 0. The molecule has 0 unspecified atom stereocenters. The van der Waals surface area contributed by atoms with Gasteiger partial charge in [-0.05, 0) is 37.5 Å². The first kappa shape index (κ1) is 11.7. The highest BCUT2D eigenvalue weighted by atomic mass is 16.5. The number of hydrogen-bond donors (Lipinski definition) is 1. The van der Waals surface area contributed by atoms with Crippen LogP contribution >= 0.6 is 0 Å². The van der Waals surface area contributed by atoms with Gasteiger partial charge in [0.1, 0.15) is 5.52 Å². The summed E-state index contributed by atoms with van der Waals surface area (Å²) >= 11 is 0. The van der Waals surface area contributed by atoms with Crippen LogP contribution in [0.25, 0.3) is 11.1 Å². The molecule has 0 aliphatic carbocycles. The van der Waals surface area contributed by atoms with Crippen LogP contribution in [0.4, 0.5) is 0 Å². The third kappa shape index (κ3) is 1.82. The van der Waals surface area contributed by atoms with E-state index in [2.05, 4.69) is 11.9 Å². The van der Waals surface area contributed by atoms with Crippen molar-refractivity contribution in [3.63, 3.8) is 0 Å². The van der Waals surface area contributed by atoms with E-state index in [-0.39, 0.29) is 5.41 Å². The number of fused-ring (bicyclic) bond motifs is 1. The van der Waals surface area contributed by atoms with E-state index in [1.165, 1.54) is 5.56 Å². The largest absolute Gasteiger partial charge is 0.440 e. The fraction of sp³-hybridized carbons (Fsp3) is 0.500. The molecule has 2 heterocycles. The van der Waals surface area contributed by atoms with Crippen LogP contribution in [0, 0.1) is 6.92 Å². The molecular weight excluding hydrogens is 228 g/mol. The van der Waals surface area contributed by atoms with Gasteiger partial charge in [-0.3, -0.25) is 0 Å². The lowest BCUT2D eigenvalue weighted by Crippen LogP contribution is -2.40. The van der Waals surface area contributed by atoms with Gasteiger partial charge in [0.15, 0.2) is 5.58 Å². The van der Waals surface area contributed by atoms with Crippen molar-refractivity contribution in [2.75, 3.05) is 19.8 Å².